The number of aromatic nitrogens is 3. The third-order valence-electron chi connectivity index (χ3n) is 7.46. The number of aliphatic hydroxyl groups excluding tert-OH is 1. The Bertz CT molecular complexity index is 1250. The van der Waals surface area contributed by atoms with Gasteiger partial charge in [0.25, 0.3) is 5.91 Å². The van der Waals surface area contributed by atoms with Crippen LogP contribution in [0.2, 0.25) is 0 Å². The first-order valence-electron chi connectivity index (χ1n) is 13.7. The number of aryl methyl sites for hydroxylation is 1. The van der Waals surface area contributed by atoms with E-state index in [1.165, 1.54) is 7.11 Å². The summed E-state index contributed by atoms with van der Waals surface area (Å²) in [5, 5.41) is 32.2. The molecular formula is C28H38N6O6. The molecule has 1 aromatic carbocycles. The lowest BCUT2D eigenvalue weighted by atomic mass is 9.82. The maximum Gasteiger partial charge on any atom is 0.305 e. The highest BCUT2D eigenvalue weighted by Crippen LogP contribution is 2.46. The molecular weight excluding hydrogens is 516 g/mol. The number of nitrogens with one attached hydrogen (secondary N) is 1. The smallest absolute Gasteiger partial charge is 0.305 e. The van der Waals surface area contributed by atoms with Gasteiger partial charge in [0.2, 0.25) is 5.91 Å². The minimum absolute atomic E-state index is 0.0109. The van der Waals surface area contributed by atoms with Gasteiger partial charge < -0.3 is 30.1 Å². The van der Waals surface area contributed by atoms with Crippen LogP contribution in [0.1, 0.15) is 43.9 Å². The molecule has 2 aromatic rings. The summed E-state index contributed by atoms with van der Waals surface area (Å²) in [6.45, 7) is 4.11. The van der Waals surface area contributed by atoms with Gasteiger partial charge in [-0.1, -0.05) is 24.3 Å². The van der Waals surface area contributed by atoms with Crippen molar-refractivity contribution in [3.63, 3.8) is 0 Å². The number of piperazine rings is 1. The van der Waals surface area contributed by atoms with Gasteiger partial charge in [-0.05, 0) is 37.5 Å². The second-order valence-corrected chi connectivity index (χ2v) is 10.1. The number of rotatable bonds is 13. The third kappa shape index (κ3) is 6.24. The van der Waals surface area contributed by atoms with Gasteiger partial charge in [-0.3, -0.25) is 19.1 Å². The number of esters is 1. The van der Waals surface area contributed by atoms with Crippen LogP contribution in [-0.2, 0) is 37.7 Å². The lowest BCUT2D eigenvalue weighted by molar-refractivity contribution is -0.140. The molecule has 12 heteroatoms. The van der Waals surface area contributed by atoms with Crippen LogP contribution in [-0.4, -0.2) is 82.9 Å². The summed E-state index contributed by atoms with van der Waals surface area (Å²) in [6.07, 6.45) is 7.95. The number of hydrogen-bond donors (Lipinski definition) is 3. The molecule has 2 aliphatic heterocycles. The Morgan fingerprint density at radius 3 is 2.85 bits per heavy atom. The van der Waals surface area contributed by atoms with Gasteiger partial charge in [-0.25, -0.2) is 0 Å². The number of allylic oxidation sites excluding steroid dienone is 1. The molecule has 2 amide bonds. The van der Waals surface area contributed by atoms with Gasteiger partial charge in [0.05, 0.1) is 25.0 Å². The predicted molar refractivity (Wildman–Crippen MR) is 148 cm³/mol. The average Bonchev–Trinajstić information content (AvgIpc) is 3.49. The van der Waals surface area contributed by atoms with E-state index in [4.69, 9.17) is 9.84 Å². The monoisotopic (exact) mass is 554 g/mol. The average molecular weight is 555 g/mol. The van der Waals surface area contributed by atoms with E-state index in [2.05, 4.69) is 15.6 Å². The van der Waals surface area contributed by atoms with Gasteiger partial charge >= 0.3 is 5.97 Å². The number of benzene rings is 1. The first kappa shape index (κ1) is 29.4. The molecule has 0 unspecified atom stereocenters. The minimum atomic E-state index is -1.82. The number of amides is 2. The number of methoxy groups -OCH3 is 1. The van der Waals surface area contributed by atoms with E-state index in [9.17, 15) is 19.5 Å². The van der Waals surface area contributed by atoms with Crippen molar-refractivity contribution in [3.8, 4) is 0 Å². The van der Waals surface area contributed by atoms with Crippen LogP contribution in [0.25, 0.3) is 0 Å². The Balaban J connectivity index is 1.54. The molecule has 1 fully saturated rings. The molecule has 3 N–H and O–H groups in total. The third-order valence-corrected chi connectivity index (χ3v) is 7.46. The van der Waals surface area contributed by atoms with Gasteiger partial charge in [0, 0.05) is 69.0 Å². The summed E-state index contributed by atoms with van der Waals surface area (Å²) < 4.78 is 6.40. The fraction of sp³-hybridized carbons (Fsp3) is 0.536. The lowest BCUT2D eigenvalue weighted by Crippen LogP contribution is -2.48. The summed E-state index contributed by atoms with van der Waals surface area (Å²) in [4.78, 5) is 41.1. The zero-order chi connectivity index (χ0) is 28.7. The molecule has 0 radical (unpaired) electrons. The number of ether oxygens (including phenoxy) is 1. The number of anilines is 2. The summed E-state index contributed by atoms with van der Waals surface area (Å²) in [6, 6.07) is 5.36. The summed E-state index contributed by atoms with van der Waals surface area (Å²) in [5.74, 6) is -1.36. The molecule has 0 saturated carbocycles. The fourth-order valence-electron chi connectivity index (χ4n) is 5.17. The number of carbonyl (C=O) groups is 3. The van der Waals surface area contributed by atoms with Crippen molar-refractivity contribution in [3.05, 3.63) is 47.8 Å². The molecule has 0 spiro atoms. The van der Waals surface area contributed by atoms with Crippen LogP contribution in [0.3, 0.4) is 0 Å². The molecule has 3 heterocycles. The van der Waals surface area contributed by atoms with Crippen molar-refractivity contribution < 1.29 is 29.3 Å². The topological polar surface area (TPSA) is 150 Å². The van der Waals surface area contributed by atoms with Crippen molar-refractivity contribution >= 4 is 29.2 Å². The summed E-state index contributed by atoms with van der Waals surface area (Å²) >= 11 is 0. The predicted octanol–water partition coefficient (Wildman–Crippen LogP) is 0.909. The van der Waals surface area contributed by atoms with Crippen LogP contribution >= 0.6 is 0 Å². The molecule has 216 valence electrons. The first-order chi connectivity index (χ1) is 19.3. The fourth-order valence-corrected chi connectivity index (χ4v) is 5.17. The van der Waals surface area contributed by atoms with Gasteiger partial charge in [-0.15, -0.1) is 5.10 Å². The van der Waals surface area contributed by atoms with Crippen molar-refractivity contribution in [1.82, 2.24) is 20.3 Å². The summed E-state index contributed by atoms with van der Waals surface area (Å²) in [7, 11) is 1.35. The van der Waals surface area contributed by atoms with Crippen LogP contribution in [0, 0.1) is 5.92 Å². The Hall–Kier alpha value is -3.61. The molecule has 12 nitrogen and oxygen atoms in total. The van der Waals surface area contributed by atoms with Gasteiger partial charge in [0.15, 0.2) is 5.60 Å². The van der Waals surface area contributed by atoms with Crippen LogP contribution < -0.4 is 15.1 Å². The maximum atomic E-state index is 13.8. The molecule has 40 heavy (non-hydrogen) atoms. The van der Waals surface area contributed by atoms with Crippen LogP contribution in [0.15, 0.2) is 36.5 Å². The number of unbranched alkanes of at least 4 members (excludes halogenated alkanes) is 1. The van der Waals surface area contributed by atoms with E-state index in [-0.39, 0.29) is 31.4 Å². The molecule has 4 rings (SSSR count). The molecule has 2 atom stereocenters. The number of nitrogens with zero attached hydrogens (tertiary/aromatic N) is 5. The second-order valence-electron chi connectivity index (χ2n) is 10.1. The standard InChI is InChI=1S/C28H38N6O6/c1-20(7-3-5-13-32-19-21(11-16-35)30-31-32)28(39)23-17-22(33-15-12-29-18-25(33)36)9-10-24(23)34(27(28)38)14-6-4-8-26(37)40-2/h3,7,9-10,17,19-20,29,35,39H,4-6,8,11-16,18H2,1-2H3/b7-3+/t20-,28+/m1/s1. The highest BCUT2D eigenvalue weighted by atomic mass is 16.5. The quantitative estimate of drug-likeness (QED) is 0.186. The normalized spacial score (nSPS) is 19.9. The van der Waals surface area contributed by atoms with Gasteiger partial charge in [0.1, 0.15) is 0 Å². The second kappa shape index (κ2) is 13.2. The molecule has 0 bridgehead atoms. The van der Waals surface area contributed by atoms with Crippen molar-refractivity contribution in [2.75, 3.05) is 49.7 Å². The number of aliphatic hydroxyl groups is 2. The zero-order valence-corrected chi connectivity index (χ0v) is 23.1. The zero-order valence-electron chi connectivity index (χ0n) is 23.1. The molecule has 0 aliphatic carbocycles. The van der Waals surface area contributed by atoms with Crippen molar-refractivity contribution in [2.24, 2.45) is 5.92 Å². The van der Waals surface area contributed by atoms with Crippen molar-refractivity contribution in [2.45, 2.75) is 51.2 Å². The SMILES string of the molecule is COC(=O)CCCCN1C(=O)[C@](O)([C@H](C)/C=C/CCn2cc(CCO)nn2)c2cc(N3CCNCC3=O)ccc21. The lowest BCUT2D eigenvalue weighted by Gasteiger charge is -2.30. The van der Waals surface area contributed by atoms with E-state index in [1.807, 2.05) is 18.2 Å². The molecule has 1 saturated heterocycles. The van der Waals surface area contributed by atoms with E-state index in [1.54, 1.807) is 39.7 Å². The van der Waals surface area contributed by atoms with E-state index in [0.717, 1.165) is 0 Å². The Morgan fingerprint density at radius 1 is 1.27 bits per heavy atom. The Morgan fingerprint density at radius 2 is 2.10 bits per heavy atom. The number of hydrogen-bond acceptors (Lipinski definition) is 9. The van der Waals surface area contributed by atoms with E-state index >= 15 is 0 Å². The van der Waals surface area contributed by atoms with E-state index in [0.29, 0.717) is 74.5 Å². The molecule has 2 aliphatic rings. The largest absolute Gasteiger partial charge is 0.469 e. The Labute approximate surface area is 233 Å². The van der Waals surface area contributed by atoms with Crippen LogP contribution in [0.4, 0.5) is 11.4 Å². The Kier molecular flexibility index (Phi) is 9.67. The summed E-state index contributed by atoms with van der Waals surface area (Å²) in [5.41, 5.74) is 0.619. The van der Waals surface area contributed by atoms with Crippen molar-refractivity contribution in [1.29, 1.82) is 0 Å². The van der Waals surface area contributed by atoms with Crippen LogP contribution in [0.5, 0.6) is 0 Å². The molecule has 1 aromatic heterocycles. The van der Waals surface area contributed by atoms with Gasteiger partial charge in [-0.2, -0.15) is 0 Å². The highest BCUT2D eigenvalue weighted by Gasteiger charge is 2.52. The highest BCUT2D eigenvalue weighted by molar-refractivity contribution is 6.08. The minimum Gasteiger partial charge on any atom is -0.469 e. The first-order valence-corrected chi connectivity index (χ1v) is 13.7. The van der Waals surface area contributed by atoms with E-state index < -0.39 is 17.4 Å². The number of fused-ring (bicyclic) bond motifs is 1. The maximum absolute atomic E-state index is 13.8. The number of carbonyl (C=O) groups excluding carboxylic acids is 3.